The Morgan fingerprint density at radius 2 is 1.95 bits per heavy atom. The lowest BCUT2D eigenvalue weighted by molar-refractivity contribution is 0.887. The number of fused-ring (bicyclic) bond motifs is 1. The monoisotopic (exact) mass is 270 g/mol. The van der Waals surface area contributed by atoms with Crippen molar-refractivity contribution in [2.45, 2.75) is 19.8 Å². The van der Waals surface area contributed by atoms with Crippen LogP contribution in [0, 0.1) is 6.92 Å². The Balaban J connectivity index is 1.87. The van der Waals surface area contributed by atoms with Gasteiger partial charge in [0.2, 0.25) is 0 Å². The lowest BCUT2D eigenvalue weighted by Crippen LogP contribution is -2.21. The summed E-state index contributed by atoms with van der Waals surface area (Å²) in [6, 6.07) is 8.25. The van der Waals surface area contributed by atoms with Crippen LogP contribution in [0.15, 0.2) is 33.9 Å². The molecule has 102 valence electrons. The molecule has 0 aliphatic carbocycles. The predicted octanol–water partition coefficient (Wildman–Crippen LogP) is 1.03. The van der Waals surface area contributed by atoms with Gasteiger partial charge in [-0.2, -0.15) is 0 Å². The molecule has 3 aromatic rings. The maximum Gasteiger partial charge on any atom is 0.327 e. The van der Waals surface area contributed by atoms with Gasteiger partial charge in [0.05, 0.1) is 0 Å². The molecule has 0 atom stereocenters. The van der Waals surface area contributed by atoms with Gasteiger partial charge in [0.15, 0.2) is 5.65 Å². The fraction of sp³-hybridized carbons (Fsp3) is 0.214. The van der Waals surface area contributed by atoms with Gasteiger partial charge in [-0.05, 0) is 18.9 Å². The number of hydrogen-bond donors (Lipinski definition) is 3. The summed E-state index contributed by atoms with van der Waals surface area (Å²) in [6.07, 6.45) is 1.50. The van der Waals surface area contributed by atoms with E-state index in [1.165, 1.54) is 11.1 Å². The topological polar surface area (TPSA) is 94.4 Å². The van der Waals surface area contributed by atoms with Gasteiger partial charge >= 0.3 is 5.69 Å². The van der Waals surface area contributed by atoms with Crippen LogP contribution in [0.4, 0.5) is 0 Å². The molecule has 6 nitrogen and oxygen atoms in total. The third kappa shape index (κ3) is 2.40. The van der Waals surface area contributed by atoms with E-state index in [1.54, 1.807) is 0 Å². The highest BCUT2D eigenvalue weighted by Crippen LogP contribution is 2.09. The fourth-order valence-electron chi connectivity index (χ4n) is 2.23. The van der Waals surface area contributed by atoms with Crippen LogP contribution < -0.4 is 11.2 Å². The first-order chi connectivity index (χ1) is 9.61. The second-order valence-electron chi connectivity index (χ2n) is 4.80. The highest BCUT2D eigenvalue weighted by molar-refractivity contribution is 5.68. The molecule has 20 heavy (non-hydrogen) atoms. The predicted molar refractivity (Wildman–Crippen MR) is 75.9 cm³/mol. The van der Waals surface area contributed by atoms with Crippen LogP contribution >= 0.6 is 0 Å². The number of imidazole rings is 1. The molecule has 0 aliphatic rings. The Bertz CT molecular complexity index is 873. The van der Waals surface area contributed by atoms with Crippen LogP contribution in [-0.4, -0.2) is 19.9 Å². The largest absolute Gasteiger partial charge is 0.336 e. The summed E-state index contributed by atoms with van der Waals surface area (Å²) in [5, 5.41) is 0. The van der Waals surface area contributed by atoms with Crippen molar-refractivity contribution in [3.63, 3.8) is 0 Å². The van der Waals surface area contributed by atoms with E-state index in [1.807, 2.05) is 6.07 Å². The van der Waals surface area contributed by atoms with Crippen LogP contribution in [-0.2, 0) is 12.8 Å². The number of aromatic nitrogens is 4. The third-order valence-electron chi connectivity index (χ3n) is 3.17. The van der Waals surface area contributed by atoms with Crippen molar-refractivity contribution in [2.24, 2.45) is 0 Å². The third-order valence-corrected chi connectivity index (χ3v) is 3.17. The molecule has 0 spiro atoms. The molecule has 0 fully saturated rings. The first-order valence-corrected chi connectivity index (χ1v) is 6.38. The van der Waals surface area contributed by atoms with Gasteiger partial charge in [-0.3, -0.25) is 14.8 Å². The number of aryl methyl sites for hydroxylation is 3. The molecule has 0 saturated heterocycles. The Morgan fingerprint density at radius 1 is 1.10 bits per heavy atom. The smallest absolute Gasteiger partial charge is 0.327 e. The lowest BCUT2D eigenvalue weighted by Gasteiger charge is -2.00. The molecule has 0 amide bonds. The van der Waals surface area contributed by atoms with Gasteiger partial charge in [0, 0.05) is 6.42 Å². The fourth-order valence-corrected chi connectivity index (χ4v) is 2.23. The van der Waals surface area contributed by atoms with E-state index in [-0.39, 0.29) is 0 Å². The van der Waals surface area contributed by atoms with Crippen LogP contribution in [0.5, 0.6) is 0 Å². The van der Waals surface area contributed by atoms with Crippen LogP contribution in [0.3, 0.4) is 0 Å². The zero-order valence-electron chi connectivity index (χ0n) is 11.0. The molecule has 2 heterocycles. The van der Waals surface area contributed by atoms with Gasteiger partial charge in [0.1, 0.15) is 11.3 Å². The zero-order chi connectivity index (χ0) is 14.1. The molecule has 0 unspecified atom stereocenters. The van der Waals surface area contributed by atoms with Crippen molar-refractivity contribution in [3.8, 4) is 0 Å². The summed E-state index contributed by atoms with van der Waals surface area (Å²) >= 11 is 0. The number of nitrogens with zero attached hydrogens (tertiary/aromatic N) is 1. The first-order valence-electron chi connectivity index (χ1n) is 6.38. The number of hydrogen-bond acceptors (Lipinski definition) is 3. The van der Waals surface area contributed by atoms with E-state index in [0.29, 0.717) is 23.4 Å². The molecule has 2 aromatic heterocycles. The number of benzene rings is 1. The summed E-state index contributed by atoms with van der Waals surface area (Å²) in [7, 11) is 0. The SMILES string of the molecule is Cc1cccc(CCc2nc3[nH]c(=O)[nH]c(=O)c3[nH]2)c1. The number of nitrogens with one attached hydrogen (secondary N) is 3. The summed E-state index contributed by atoms with van der Waals surface area (Å²) in [4.78, 5) is 34.6. The van der Waals surface area contributed by atoms with Crippen LogP contribution in [0.1, 0.15) is 17.0 Å². The summed E-state index contributed by atoms with van der Waals surface area (Å²) < 4.78 is 0. The molecule has 3 N–H and O–H groups in total. The standard InChI is InChI=1S/C14H14N4O2/c1-8-3-2-4-9(7-8)5-6-10-15-11-12(16-10)17-14(20)18-13(11)19/h2-4,7H,5-6H2,1H3,(H3,15,16,17,18,19,20). The summed E-state index contributed by atoms with van der Waals surface area (Å²) in [5.74, 6) is 0.689. The van der Waals surface area contributed by atoms with Gasteiger partial charge in [-0.25, -0.2) is 9.78 Å². The maximum absolute atomic E-state index is 11.6. The van der Waals surface area contributed by atoms with Crippen molar-refractivity contribution in [2.75, 3.05) is 0 Å². The van der Waals surface area contributed by atoms with Crippen molar-refractivity contribution >= 4 is 11.2 Å². The normalized spacial score (nSPS) is 11.1. The Labute approximate surface area is 113 Å². The van der Waals surface area contributed by atoms with E-state index >= 15 is 0 Å². The van der Waals surface area contributed by atoms with E-state index in [2.05, 4.69) is 45.1 Å². The van der Waals surface area contributed by atoms with Crippen molar-refractivity contribution in [1.82, 2.24) is 19.9 Å². The van der Waals surface area contributed by atoms with E-state index in [4.69, 9.17) is 0 Å². The Hall–Kier alpha value is -2.63. The van der Waals surface area contributed by atoms with E-state index in [0.717, 1.165) is 6.42 Å². The summed E-state index contributed by atoms with van der Waals surface area (Å²) in [6.45, 7) is 2.05. The van der Waals surface area contributed by atoms with E-state index < -0.39 is 11.2 Å². The number of H-pyrrole nitrogens is 3. The average molecular weight is 270 g/mol. The molecular weight excluding hydrogens is 256 g/mol. The average Bonchev–Trinajstić information content (AvgIpc) is 2.80. The molecule has 6 heteroatoms. The van der Waals surface area contributed by atoms with Gasteiger partial charge < -0.3 is 4.98 Å². The van der Waals surface area contributed by atoms with Crippen molar-refractivity contribution in [1.29, 1.82) is 0 Å². The lowest BCUT2D eigenvalue weighted by atomic mass is 10.1. The van der Waals surface area contributed by atoms with E-state index in [9.17, 15) is 9.59 Å². The Kier molecular flexibility index (Phi) is 2.98. The maximum atomic E-state index is 11.6. The van der Waals surface area contributed by atoms with Crippen LogP contribution in [0.25, 0.3) is 11.2 Å². The van der Waals surface area contributed by atoms with Crippen LogP contribution in [0.2, 0.25) is 0 Å². The second kappa shape index (κ2) is 4.80. The second-order valence-corrected chi connectivity index (χ2v) is 4.80. The summed E-state index contributed by atoms with van der Waals surface area (Å²) in [5.41, 5.74) is 2.06. The molecule has 1 aromatic carbocycles. The molecule has 0 saturated carbocycles. The minimum Gasteiger partial charge on any atom is -0.336 e. The number of rotatable bonds is 3. The zero-order valence-corrected chi connectivity index (χ0v) is 11.0. The highest BCUT2D eigenvalue weighted by Gasteiger charge is 2.07. The molecule has 0 aliphatic heterocycles. The van der Waals surface area contributed by atoms with Gasteiger partial charge in [-0.15, -0.1) is 0 Å². The number of aromatic amines is 3. The Morgan fingerprint density at radius 3 is 2.75 bits per heavy atom. The van der Waals surface area contributed by atoms with Gasteiger partial charge in [-0.1, -0.05) is 29.8 Å². The molecule has 3 rings (SSSR count). The minimum absolute atomic E-state index is 0.304. The quantitative estimate of drug-likeness (QED) is 0.663. The highest BCUT2D eigenvalue weighted by atomic mass is 16.2. The first kappa shape index (κ1) is 12.4. The molecular formula is C14H14N4O2. The van der Waals surface area contributed by atoms with Crippen molar-refractivity contribution in [3.05, 3.63) is 62.1 Å². The minimum atomic E-state index is -0.542. The van der Waals surface area contributed by atoms with Gasteiger partial charge in [0.25, 0.3) is 5.56 Å². The molecule has 0 radical (unpaired) electrons. The molecule has 0 bridgehead atoms. The van der Waals surface area contributed by atoms with Crippen molar-refractivity contribution < 1.29 is 0 Å².